The third-order valence-electron chi connectivity index (χ3n) is 23.7. The van der Waals surface area contributed by atoms with Gasteiger partial charge in [-0.3, -0.25) is 29.3 Å². The first-order valence-electron chi connectivity index (χ1n) is 44.3. The van der Waals surface area contributed by atoms with Gasteiger partial charge in [0.05, 0.1) is 110 Å². The van der Waals surface area contributed by atoms with Crippen molar-refractivity contribution in [2.75, 3.05) is 46.9 Å². The van der Waals surface area contributed by atoms with Gasteiger partial charge in [-0.25, -0.2) is 43.9 Å². The first kappa shape index (κ1) is 97.7. The molecule has 2 aromatic carbocycles. The summed E-state index contributed by atoms with van der Waals surface area (Å²) in [4.78, 5) is 141. The number of likely N-dealkylation sites (tertiary alicyclic amines) is 5. The highest BCUT2D eigenvalue weighted by atomic mass is 127. The predicted molar refractivity (Wildman–Crippen MR) is 538 cm³/mol. The van der Waals surface area contributed by atoms with Crippen molar-refractivity contribution in [3.8, 4) is 63.9 Å². The van der Waals surface area contributed by atoms with E-state index < -0.39 is 41.1 Å². The summed E-state index contributed by atoms with van der Waals surface area (Å²) in [6.45, 7) is 28.0. The minimum absolute atomic E-state index is 0. The monoisotopic (exact) mass is 2020 g/mol. The number of hydrogen-bond acceptors (Lipinski definition) is 23. The SMILES string of the molecule is C.C.CC(C)(C)OC(=O)N1CCC[C@H]1C1=NC=C(c2ccc(-c3cc4sc(-c5cnc([C@@H]6CCCN6C(=O)OC(C)(C)C)[nH]5)cc4s3)cc2)C1.CC(C)(C)OC(=O)N1CCC[C@H]1c1ncc(-c2cc3sc(I)cc3s2)[nH]1.COC(=O)N[C@H](C(=O)N1CCC[C@H]1c1ncc(-c2ccc(-c3cc4sc(-c5cnc([C@@H]6CCCN6C(=O)[C@@H](NC(=O)OC)C(C)C)[nH]5)cc4s3)cc2)[nH]1)C(C)C. The first-order chi connectivity index (χ1) is 62.1. The Bertz CT molecular complexity index is 6100. The molecule has 132 heavy (non-hydrogen) atoms. The number of imidazole rings is 4. The Morgan fingerprint density at radius 3 is 1.05 bits per heavy atom. The number of aliphatic imine (C=N–C) groups is 1. The number of nitrogens with one attached hydrogen (secondary N) is 6. The Balaban J connectivity index is 0.000000167. The molecule has 0 aliphatic carbocycles. The number of amides is 7. The van der Waals surface area contributed by atoms with Gasteiger partial charge in [-0.05, 0) is 225 Å². The molecule has 702 valence electrons. The van der Waals surface area contributed by atoms with E-state index in [2.05, 4.69) is 153 Å². The van der Waals surface area contributed by atoms with Gasteiger partial charge in [0.1, 0.15) is 52.2 Å². The van der Waals surface area contributed by atoms with E-state index in [1.165, 1.54) is 71.1 Å². The predicted octanol–water partition coefficient (Wildman–Crippen LogP) is 24.5. The highest BCUT2D eigenvalue weighted by molar-refractivity contribution is 14.1. The van der Waals surface area contributed by atoms with Crippen LogP contribution in [0, 0.1) is 14.7 Å². The molecule has 6 aliphatic rings. The zero-order valence-electron chi connectivity index (χ0n) is 75.7. The zero-order chi connectivity index (χ0) is 91.9. The number of halogens is 1. The lowest BCUT2D eigenvalue weighted by atomic mass is 9.98. The van der Waals surface area contributed by atoms with Crippen molar-refractivity contribution in [2.45, 2.75) is 235 Å². The Hall–Kier alpha value is -10.3. The molecule has 7 atom stereocenters. The number of allylic oxidation sites excluding steroid dienone is 1. The molecule has 7 amide bonds. The lowest BCUT2D eigenvalue weighted by Gasteiger charge is -2.30. The smallest absolute Gasteiger partial charge is 0.410 e. The summed E-state index contributed by atoms with van der Waals surface area (Å²) < 4.78 is 35.1. The summed E-state index contributed by atoms with van der Waals surface area (Å²) in [5.74, 6) is 2.66. The van der Waals surface area contributed by atoms with Crippen molar-refractivity contribution in [3.05, 3.63) is 148 Å². The molecule has 10 aromatic heterocycles. The van der Waals surface area contributed by atoms with E-state index in [0.717, 1.165) is 149 Å². The number of methoxy groups -OCH3 is 2. The lowest BCUT2D eigenvalue weighted by Crippen LogP contribution is -2.51. The van der Waals surface area contributed by atoms with Crippen LogP contribution in [0.3, 0.4) is 0 Å². The van der Waals surface area contributed by atoms with E-state index in [1.54, 1.807) is 77.8 Å². The molecule has 5 fully saturated rings. The summed E-state index contributed by atoms with van der Waals surface area (Å²) in [5, 5.41) is 5.40. The molecule has 28 nitrogen and oxygen atoms in total. The van der Waals surface area contributed by atoms with E-state index in [9.17, 15) is 33.6 Å². The Morgan fingerprint density at radius 2 is 0.697 bits per heavy atom. The fourth-order valence-corrected chi connectivity index (χ4v) is 25.5. The first-order valence-corrected chi connectivity index (χ1v) is 50.3. The van der Waals surface area contributed by atoms with Crippen LogP contribution >= 0.6 is 90.6 Å². The molecule has 6 aliphatic heterocycles. The average molecular weight is 2020 g/mol. The van der Waals surface area contributed by atoms with Crippen LogP contribution < -0.4 is 10.6 Å². The van der Waals surface area contributed by atoms with Gasteiger partial charge in [-0.1, -0.05) is 91.1 Å². The molecule has 16 heterocycles. The van der Waals surface area contributed by atoms with Crippen LogP contribution in [0.5, 0.6) is 0 Å². The molecule has 12 aromatic rings. The van der Waals surface area contributed by atoms with Crippen molar-refractivity contribution >= 4 is 172 Å². The normalized spacial score (nSPS) is 18.5. The zero-order valence-corrected chi connectivity index (χ0v) is 82.7. The maximum Gasteiger partial charge on any atom is 0.410 e. The number of rotatable bonds is 18. The molecule has 0 saturated carbocycles. The number of carbonyl (C=O) groups is 7. The van der Waals surface area contributed by atoms with Crippen LogP contribution in [0.4, 0.5) is 24.0 Å². The highest BCUT2D eigenvalue weighted by Gasteiger charge is 2.43. The molecule has 0 radical (unpaired) electrons. The van der Waals surface area contributed by atoms with Crippen molar-refractivity contribution in [1.82, 2.24) is 75.0 Å². The number of carbonyl (C=O) groups excluding carboxylic acids is 7. The Labute approximate surface area is 808 Å². The lowest BCUT2D eigenvalue weighted by molar-refractivity contribution is -0.136. The van der Waals surface area contributed by atoms with E-state index in [-0.39, 0.29) is 87.0 Å². The molecule has 35 heteroatoms. The van der Waals surface area contributed by atoms with Gasteiger partial charge in [0.2, 0.25) is 11.8 Å². The van der Waals surface area contributed by atoms with Crippen LogP contribution in [-0.4, -0.2) is 194 Å². The number of ether oxygens (including phenoxy) is 5. The second kappa shape index (κ2) is 40.9. The van der Waals surface area contributed by atoms with Crippen LogP contribution in [0.1, 0.15) is 229 Å². The minimum atomic E-state index is -0.683. The summed E-state index contributed by atoms with van der Waals surface area (Å²) >= 11 is 12.9. The average Bonchev–Trinajstić information content (AvgIpc) is 1.65. The standard InChI is InChI=1S/C40H48N8O6S2.C37H43N5O4S2.C18H20IN3O2S2.2CH4/c1-21(2)33(45-39(51)53-5)37(49)47-15-7-9-27(47)35-41-19-25(43-35)23-11-13-24(14-12-23)29-17-31-32(55-29)18-30(56-31)26-20-42-36(44-26)28-10-8-16-48(28)38(50)34(22(3)4)46-40(52)54-6;1-36(2,3)45-34(43)41-15-7-9-27(41)25-17-24(20-38-25)22-11-13-23(14-12-22)29-18-31-32(47-29)19-30(48-31)26-21-39-33(40-26)28-10-8-16-42(28)35(44)46-37(4,5)6;1-18(2,3)24-17(23)22-6-4-5-11(22)16-20-9-10(21-16)12-7-13-14(25-12)8-15(19)26-13;;/h11-14,17-22,27-28,33-34H,7-10,15-16H2,1-6H3,(H,41,43)(H,42,44)(H,45,51)(H,46,52);11-14,18-21,27-28H,7-10,15-17H2,1-6H3,(H,39,40);7-9,11H,4-6H2,1-3H3,(H,20,21);2*1H4/t27-,28-,33-,34-;27-,28-;11-;;/m000../s1. The quantitative estimate of drug-likeness (QED) is 0.0343. The van der Waals surface area contributed by atoms with Crippen molar-refractivity contribution in [3.63, 3.8) is 0 Å². The maximum atomic E-state index is 13.6. The largest absolute Gasteiger partial charge is 0.453 e. The van der Waals surface area contributed by atoms with E-state index >= 15 is 0 Å². The van der Waals surface area contributed by atoms with Crippen LogP contribution in [0.25, 0.3) is 97.6 Å². The fraction of sp³-hybridized carbons (Fsp3) is 0.464. The number of nitrogens with zero attached hydrogens (tertiary/aromatic N) is 10. The van der Waals surface area contributed by atoms with Crippen LogP contribution in [0.15, 0.2) is 121 Å². The number of hydrogen-bond donors (Lipinski definition) is 6. The number of thiophene rings is 6. The third kappa shape index (κ3) is 22.2. The highest BCUT2D eigenvalue weighted by Crippen LogP contribution is 2.47. The third-order valence-corrected chi connectivity index (χ3v) is 31.5. The summed E-state index contributed by atoms with van der Waals surface area (Å²) in [7, 11) is 2.59. The summed E-state index contributed by atoms with van der Waals surface area (Å²) in [6, 6.07) is 28.5. The van der Waals surface area contributed by atoms with Crippen molar-refractivity contribution < 1.29 is 57.2 Å². The van der Waals surface area contributed by atoms with Crippen LogP contribution in [0.2, 0.25) is 0 Å². The molecule has 5 saturated heterocycles. The van der Waals surface area contributed by atoms with Crippen molar-refractivity contribution in [2.24, 2.45) is 16.8 Å². The van der Waals surface area contributed by atoms with Gasteiger partial charge >= 0.3 is 30.5 Å². The number of H-pyrrole nitrogens is 4. The van der Waals surface area contributed by atoms with Crippen LogP contribution in [-0.2, 0) is 33.3 Å². The second-order valence-corrected chi connectivity index (χ2v) is 45.6. The molecular weight excluding hydrogens is 1900 g/mol. The molecule has 0 unspecified atom stereocenters. The number of benzene rings is 2. The van der Waals surface area contributed by atoms with Gasteiger partial charge in [-0.15, -0.1) is 68.0 Å². The van der Waals surface area contributed by atoms with Crippen molar-refractivity contribution in [1.29, 1.82) is 0 Å². The molecule has 0 bridgehead atoms. The maximum absolute atomic E-state index is 13.6. The number of aromatic nitrogens is 8. The second-order valence-electron chi connectivity index (χ2n) is 37.2. The van der Waals surface area contributed by atoms with E-state index in [1.807, 2.05) is 136 Å². The van der Waals surface area contributed by atoms with Gasteiger partial charge < -0.3 is 64.1 Å². The fourth-order valence-electron chi connectivity index (χ4n) is 17.4. The summed E-state index contributed by atoms with van der Waals surface area (Å²) in [6.07, 6.45) is 16.9. The topological polar surface area (TPSA) is 333 Å². The van der Waals surface area contributed by atoms with Gasteiger partial charge in [0.25, 0.3) is 0 Å². The molecule has 18 rings (SSSR count). The van der Waals surface area contributed by atoms with E-state index in [0.29, 0.717) is 32.7 Å². The van der Waals surface area contributed by atoms with Gasteiger partial charge in [-0.2, -0.15) is 0 Å². The van der Waals surface area contributed by atoms with Gasteiger partial charge in [0, 0.05) is 89.0 Å². The molecular formula is C97H119IN16O12S6. The number of alkyl carbamates (subject to hydrolysis) is 2. The number of aromatic amines is 4. The van der Waals surface area contributed by atoms with Gasteiger partial charge in [0.15, 0.2) is 0 Å². The molecule has 0 spiro atoms. The molecule has 6 N–H and O–H groups in total. The Morgan fingerprint density at radius 1 is 0.402 bits per heavy atom. The Kier molecular flexibility index (Phi) is 30.2. The summed E-state index contributed by atoms with van der Waals surface area (Å²) in [5.41, 5.74) is 8.91. The minimum Gasteiger partial charge on any atom is -0.453 e. The number of fused-ring (bicyclic) bond motifs is 3. The van der Waals surface area contributed by atoms with E-state index in [4.69, 9.17) is 33.7 Å².